The number of halogens is 1. The summed E-state index contributed by atoms with van der Waals surface area (Å²) in [5.41, 5.74) is 1.35. The third kappa shape index (κ3) is 6.12. The molecule has 2 N–H and O–H groups in total. The summed E-state index contributed by atoms with van der Waals surface area (Å²) < 4.78 is 3.10. The van der Waals surface area contributed by atoms with Gasteiger partial charge in [0, 0.05) is 24.6 Å². The van der Waals surface area contributed by atoms with Crippen molar-refractivity contribution in [1.82, 2.24) is 25.4 Å². The SMILES string of the molecule is CCNC(=NCc1nnc(C)n1C)NCC(CC)Cc1cccc(Br)c1. The Morgan fingerprint density at radius 3 is 2.69 bits per heavy atom. The molecule has 1 aromatic heterocycles. The lowest BCUT2D eigenvalue weighted by Gasteiger charge is -2.18. The predicted molar refractivity (Wildman–Crippen MR) is 110 cm³/mol. The van der Waals surface area contributed by atoms with E-state index in [4.69, 9.17) is 0 Å². The summed E-state index contributed by atoms with van der Waals surface area (Å²) in [7, 11) is 1.96. The summed E-state index contributed by atoms with van der Waals surface area (Å²) >= 11 is 3.55. The minimum atomic E-state index is 0.509. The first-order valence-corrected chi connectivity index (χ1v) is 9.94. The second-order valence-electron chi connectivity index (χ2n) is 6.41. The Bertz CT molecular complexity index is 725. The van der Waals surface area contributed by atoms with Crippen molar-refractivity contribution in [3.63, 3.8) is 0 Å². The first-order chi connectivity index (χ1) is 12.5. The van der Waals surface area contributed by atoms with Gasteiger partial charge >= 0.3 is 0 Å². The highest BCUT2D eigenvalue weighted by Gasteiger charge is 2.10. The number of aliphatic imine (C=N–C) groups is 1. The van der Waals surface area contributed by atoms with E-state index in [0.717, 1.165) is 48.0 Å². The number of nitrogens with zero attached hydrogens (tertiary/aromatic N) is 4. The Morgan fingerprint density at radius 2 is 2.08 bits per heavy atom. The highest BCUT2D eigenvalue weighted by Crippen LogP contribution is 2.16. The van der Waals surface area contributed by atoms with Crippen molar-refractivity contribution in [2.75, 3.05) is 13.1 Å². The molecule has 1 aromatic carbocycles. The molecule has 1 atom stereocenters. The largest absolute Gasteiger partial charge is 0.357 e. The van der Waals surface area contributed by atoms with Gasteiger partial charge in [0.2, 0.25) is 0 Å². The molecule has 1 unspecified atom stereocenters. The predicted octanol–water partition coefficient (Wildman–Crippen LogP) is 3.21. The van der Waals surface area contributed by atoms with Gasteiger partial charge in [-0.25, -0.2) is 4.99 Å². The van der Waals surface area contributed by atoms with Crippen LogP contribution in [0.4, 0.5) is 0 Å². The number of nitrogens with one attached hydrogen (secondary N) is 2. The molecule has 2 rings (SSSR count). The van der Waals surface area contributed by atoms with E-state index in [0.29, 0.717) is 12.5 Å². The van der Waals surface area contributed by atoms with Gasteiger partial charge in [0.15, 0.2) is 11.8 Å². The normalized spacial score (nSPS) is 12.9. The zero-order valence-electron chi connectivity index (χ0n) is 16.1. The second-order valence-corrected chi connectivity index (χ2v) is 7.32. The molecule has 26 heavy (non-hydrogen) atoms. The van der Waals surface area contributed by atoms with Crippen molar-refractivity contribution >= 4 is 21.9 Å². The van der Waals surface area contributed by atoms with Gasteiger partial charge in [-0.2, -0.15) is 0 Å². The molecule has 0 amide bonds. The lowest BCUT2D eigenvalue weighted by atomic mass is 9.97. The summed E-state index contributed by atoms with van der Waals surface area (Å²) in [6.45, 7) is 8.46. The van der Waals surface area contributed by atoms with Crippen LogP contribution in [0.3, 0.4) is 0 Å². The summed E-state index contributed by atoms with van der Waals surface area (Å²) in [6.07, 6.45) is 2.16. The molecule has 0 saturated carbocycles. The van der Waals surface area contributed by atoms with Crippen molar-refractivity contribution in [2.24, 2.45) is 18.0 Å². The van der Waals surface area contributed by atoms with E-state index in [1.165, 1.54) is 5.56 Å². The van der Waals surface area contributed by atoms with Gasteiger partial charge in [0.05, 0.1) is 0 Å². The fourth-order valence-electron chi connectivity index (χ4n) is 2.68. The van der Waals surface area contributed by atoms with Gasteiger partial charge in [-0.15, -0.1) is 10.2 Å². The lowest BCUT2D eigenvalue weighted by molar-refractivity contribution is 0.493. The maximum Gasteiger partial charge on any atom is 0.191 e. The molecule has 0 aliphatic carbocycles. The van der Waals surface area contributed by atoms with Crippen molar-refractivity contribution in [1.29, 1.82) is 0 Å². The van der Waals surface area contributed by atoms with Crippen LogP contribution >= 0.6 is 15.9 Å². The van der Waals surface area contributed by atoms with Crippen LogP contribution in [0, 0.1) is 12.8 Å². The van der Waals surface area contributed by atoms with Gasteiger partial charge in [-0.05, 0) is 43.9 Å². The van der Waals surface area contributed by atoms with Crippen molar-refractivity contribution in [2.45, 2.75) is 40.2 Å². The standard InChI is InChI=1S/C19H29BrN6/c1-5-15(10-16-8-7-9-17(20)11-16)12-22-19(21-6-2)23-13-18-25-24-14(3)26(18)4/h7-9,11,15H,5-6,10,12-13H2,1-4H3,(H2,21,22,23). The average molecular weight is 421 g/mol. The lowest BCUT2D eigenvalue weighted by Crippen LogP contribution is -2.40. The Morgan fingerprint density at radius 1 is 1.27 bits per heavy atom. The van der Waals surface area contributed by atoms with E-state index in [2.05, 4.69) is 79.9 Å². The van der Waals surface area contributed by atoms with E-state index >= 15 is 0 Å². The molecular weight excluding hydrogens is 392 g/mol. The average Bonchev–Trinajstić information content (AvgIpc) is 2.94. The Labute approximate surface area is 164 Å². The summed E-state index contributed by atoms with van der Waals surface area (Å²) in [6, 6.07) is 8.53. The fraction of sp³-hybridized carbons (Fsp3) is 0.526. The molecule has 2 aromatic rings. The summed E-state index contributed by atoms with van der Waals surface area (Å²) in [4.78, 5) is 4.65. The maximum atomic E-state index is 4.65. The Kier molecular flexibility index (Phi) is 8.09. The topological polar surface area (TPSA) is 67.1 Å². The molecule has 0 aliphatic rings. The van der Waals surface area contributed by atoms with Crippen molar-refractivity contribution in [3.8, 4) is 0 Å². The molecule has 0 spiro atoms. The van der Waals surface area contributed by atoms with Crippen LogP contribution in [-0.4, -0.2) is 33.8 Å². The maximum absolute atomic E-state index is 4.65. The van der Waals surface area contributed by atoms with Gasteiger partial charge in [-0.3, -0.25) is 0 Å². The molecular formula is C19H29BrN6. The Hall–Kier alpha value is -1.89. The molecule has 0 fully saturated rings. The number of rotatable bonds is 8. The van der Waals surface area contributed by atoms with E-state index < -0.39 is 0 Å². The molecule has 0 aliphatic heterocycles. The molecule has 7 heteroatoms. The minimum Gasteiger partial charge on any atom is -0.357 e. The van der Waals surface area contributed by atoms with Crippen LogP contribution in [-0.2, 0) is 20.0 Å². The number of hydrogen-bond acceptors (Lipinski definition) is 3. The van der Waals surface area contributed by atoms with Gasteiger partial charge in [-0.1, -0.05) is 41.4 Å². The van der Waals surface area contributed by atoms with Crippen LogP contribution in [0.25, 0.3) is 0 Å². The first kappa shape index (κ1) is 20.4. The van der Waals surface area contributed by atoms with Crippen LogP contribution < -0.4 is 10.6 Å². The van der Waals surface area contributed by atoms with Crippen LogP contribution in [0.1, 0.15) is 37.5 Å². The summed E-state index contributed by atoms with van der Waals surface area (Å²) in [5.74, 6) is 3.13. The van der Waals surface area contributed by atoms with Crippen LogP contribution in [0.5, 0.6) is 0 Å². The number of hydrogen-bond donors (Lipinski definition) is 2. The quantitative estimate of drug-likeness (QED) is 0.508. The van der Waals surface area contributed by atoms with Gasteiger partial charge in [0.1, 0.15) is 12.4 Å². The Balaban J connectivity index is 1.94. The number of aromatic nitrogens is 3. The molecule has 0 radical (unpaired) electrons. The molecule has 6 nitrogen and oxygen atoms in total. The van der Waals surface area contributed by atoms with E-state index in [9.17, 15) is 0 Å². The summed E-state index contributed by atoms with van der Waals surface area (Å²) in [5, 5.41) is 15.0. The molecule has 0 saturated heterocycles. The van der Waals surface area contributed by atoms with Crippen LogP contribution in [0.15, 0.2) is 33.7 Å². The van der Waals surface area contributed by atoms with E-state index in [1.807, 2.05) is 18.5 Å². The third-order valence-corrected chi connectivity index (χ3v) is 4.95. The second kappa shape index (κ2) is 10.3. The van der Waals surface area contributed by atoms with E-state index in [-0.39, 0.29) is 0 Å². The molecule has 1 heterocycles. The number of benzene rings is 1. The highest BCUT2D eigenvalue weighted by molar-refractivity contribution is 9.10. The first-order valence-electron chi connectivity index (χ1n) is 9.14. The van der Waals surface area contributed by atoms with Gasteiger partial charge in [0.25, 0.3) is 0 Å². The molecule has 0 bridgehead atoms. The highest BCUT2D eigenvalue weighted by atomic mass is 79.9. The monoisotopic (exact) mass is 420 g/mol. The smallest absolute Gasteiger partial charge is 0.191 e. The number of aryl methyl sites for hydroxylation is 1. The third-order valence-electron chi connectivity index (χ3n) is 4.45. The zero-order chi connectivity index (χ0) is 18.9. The minimum absolute atomic E-state index is 0.509. The van der Waals surface area contributed by atoms with E-state index in [1.54, 1.807) is 0 Å². The van der Waals surface area contributed by atoms with Crippen molar-refractivity contribution < 1.29 is 0 Å². The fourth-order valence-corrected chi connectivity index (χ4v) is 3.13. The number of guanidine groups is 1. The molecule has 142 valence electrons. The van der Waals surface area contributed by atoms with Crippen LogP contribution in [0.2, 0.25) is 0 Å². The zero-order valence-corrected chi connectivity index (χ0v) is 17.7. The van der Waals surface area contributed by atoms with Gasteiger partial charge < -0.3 is 15.2 Å². The van der Waals surface area contributed by atoms with Crippen molar-refractivity contribution in [3.05, 3.63) is 46.0 Å².